The molecule has 2 aromatic carbocycles. The van der Waals surface area contributed by atoms with E-state index in [2.05, 4.69) is 20.4 Å². The number of esters is 1. The van der Waals surface area contributed by atoms with Crippen LogP contribution in [-0.2, 0) is 4.74 Å². The second-order valence-corrected chi connectivity index (χ2v) is 6.77. The SMILES string of the molecule is CCOC(=O)c1nc(Nc2ccccc2OCC)c2c(-c3ccccc3Cl)noc2n1. The third-order valence-electron chi connectivity index (χ3n) is 4.36. The molecule has 8 nitrogen and oxygen atoms in total. The summed E-state index contributed by atoms with van der Waals surface area (Å²) in [5, 5.41) is 8.35. The number of carbonyl (C=O) groups is 1. The van der Waals surface area contributed by atoms with Crippen LogP contribution in [0.15, 0.2) is 53.1 Å². The monoisotopic (exact) mass is 438 g/mol. The molecule has 0 saturated carbocycles. The summed E-state index contributed by atoms with van der Waals surface area (Å²) in [6, 6.07) is 14.6. The molecule has 4 aromatic rings. The van der Waals surface area contributed by atoms with Crippen molar-refractivity contribution in [2.24, 2.45) is 0 Å². The molecule has 0 unspecified atom stereocenters. The van der Waals surface area contributed by atoms with Crippen molar-refractivity contribution in [3.8, 4) is 17.0 Å². The topological polar surface area (TPSA) is 99.4 Å². The van der Waals surface area contributed by atoms with E-state index in [-0.39, 0.29) is 18.1 Å². The summed E-state index contributed by atoms with van der Waals surface area (Å²) in [6.45, 7) is 4.29. The van der Waals surface area contributed by atoms with Gasteiger partial charge in [-0.3, -0.25) is 0 Å². The second kappa shape index (κ2) is 9.01. The van der Waals surface area contributed by atoms with E-state index in [0.29, 0.717) is 45.5 Å². The Morgan fingerprint density at radius 2 is 1.84 bits per heavy atom. The lowest BCUT2D eigenvalue weighted by Gasteiger charge is -2.13. The largest absolute Gasteiger partial charge is 0.492 e. The zero-order valence-electron chi connectivity index (χ0n) is 16.9. The van der Waals surface area contributed by atoms with Gasteiger partial charge >= 0.3 is 5.97 Å². The van der Waals surface area contributed by atoms with Gasteiger partial charge in [-0.2, -0.15) is 4.98 Å². The van der Waals surface area contributed by atoms with E-state index in [0.717, 1.165) is 0 Å². The average Bonchev–Trinajstić information content (AvgIpc) is 3.20. The van der Waals surface area contributed by atoms with Gasteiger partial charge in [0, 0.05) is 5.56 Å². The maximum atomic E-state index is 12.3. The summed E-state index contributed by atoms with van der Waals surface area (Å²) in [7, 11) is 0. The number of fused-ring (bicyclic) bond motifs is 1. The van der Waals surface area contributed by atoms with E-state index >= 15 is 0 Å². The van der Waals surface area contributed by atoms with E-state index in [1.807, 2.05) is 49.4 Å². The fourth-order valence-corrected chi connectivity index (χ4v) is 3.27. The molecule has 4 rings (SSSR count). The van der Waals surface area contributed by atoms with Crippen LogP contribution in [0.5, 0.6) is 5.75 Å². The van der Waals surface area contributed by atoms with Crippen molar-refractivity contribution in [2.45, 2.75) is 13.8 Å². The van der Waals surface area contributed by atoms with E-state index in [1.165, 1.54) is 0 Å². The number of hydrogen-bond acceptors (Lipinski definition) is 8. The fourth-order valence-electron chi connectivity index (χ4n) is 3.05. The summed E-state index contributed by atoms with van der Waals surface area (Å²) in [5.41, 5.74) is 1.89. The van der Waals surface area contributed by atoms with Crippen molar-refractivity contribution in [2.75, 3.05) is 18.5 Å². The van der Waals surface area contributed by atoms with Gasteiger partial charge in [-0.1, -0.05) is 47.1 Å². The molecule has 0 aliphatic carbocycles. The van der Waals surface area contributed by atoms with Crippen molar-refractivity contribution in [1.82, 2.24) is 15.1 Å². The van der Waals surface area contributed by atoms with Crippen LogP contribution in [0.4, 0.5) is 11.5 Å². The van der Waals surface area contributed by atoms with Crippen molar-refractivity contribution in [1.29, 1.82) is 0 Å². The first-order valence-electron chi connectivity index (χ1n) is 9.70. The van der Waals surface area contributed by atoms with Gasteiger partial charge in [-0.25, -0.2) is 9.78 Å². The highest BCUT2D eigenvalue weighted by molar-refractivity contribution is 6.33. The van der Waals surface area contributed by atoms with Crippen molar-refractivity contribution >= 4 is 40.2 Å². The Balaban J connectivity index is 1.91. The normalized spacial score (nSPS) is 10.8. The number of nitrogens with zero attached hydrogens (tertiary/aromatic N) is 3. The van der Waals surface area contributed by atoms with Gasteiger partial charge in [-0.05, 0) is 32.0 Å². The minimum Gasteiger partial charge on any atom is -0.492 e. The Bertz CT molecular complexity index is 1240. The predicted octanol–water partition coefficient (Wildman–Crippen LogP) is 5.26. The molecule has 0 saturated heterocycles. The number of aromatic nitrogens is 3. The van der Waals surface area contributed by atoms with Crippen LogP contribution in [0.3, 0.4) is 0 Å². The maximum absolute atomic E-state index is 12.3. The lowest BCUT2D eigenvalue weighted by atomic mass is 10.1. The molecule has 0 bridgehead atoms. The third-order valence-corrected chi connectivity index (χ3v) is 4.69. The zero-order valence-corrected chi connectivity index (χ0v) is 17.6. The van der Waals surface area contributed by atoms with E-state index < -0.39 is 5.97 Å². The molecule has 0 spiro atoms. The quantitative estimate of drug-likeness (QED) is 0.390. The number of benzene rings is 2. The van der Waals surface area contributed by atoms with Crippen LogP contribution in [0.25, 0.3) is 22.4 Å². The van der Waals surface area contributed by atoms with Gasteiger partial charge in [-0.15, -0.1) is 0 Å². The summed E-state index contributed by atoms with van der Waals surface area (Å²) in [4.78, 5) is 20.9. The standard InChI is InChI=1S/C22H19ClN4O4/c1-3-29-16-12-8-7-11-15(16)24-19-17-18(13-9-5-6-10-14(13)23)27-31-21(17)26-20(25-19)22(28)30-4-2/h5-12H,3-4H2,1-2H3,(H,24,25,26). The van der Waals surface area contributed by atoms with E-state index in [9.17, 15) is 4.79 Å². The molecule has 0 aliphatic rings. The highest BCUT2D eigenvalue weighted by Gasteiger charge is 2.23. The van der Waals surface area contributed by atoms with Crippen molar-refractivity contribution in [3.63, 3.8) is 0 Å². The fraction of sp³-hybridized carbons (Fsp3) is 0.182. The lowest BCUT2D eigenvalue weighted by Crippen LogP contribution is -2.11. The number of carbonyl (C=O) groups excluding carboxylic acids is 1. The molecule has 0 amide bonds. The number of halogens is 1. The molecule has 2 heterocycles. The number of nitrogens with one attached hydrogen (secondary N) is 1. The molecule has 0 fully saturated rings. The lowest BCUT2D eigenvalue weighted by molar-refractivity contribution is 0.0512. The van der Waals surface area contributed by atoms with Crippen LogP contribution in [0.2, 0.25) is 5.02 Å². The maximum Gasteiger partial charge on any atom is 0.376 e. The van der Waals surface area contributed by atoms with Crippen LogP contribution >= 0.6 is 11.6 Å². The smallest absolute Gasteiger partial charge is 0.376 e. The number of ether oxygens (including phenoxy) is 2. The molecule has 0 aliphatic heterocycles. The van der Waals surface area contributed by atoms with E-state index in [4.69, 9.17) is 25.6 Å². The summed E-state index contributed by atoms with van der Waals surface area (Å²) >= 11 is 6.38. The summed E-state index contributed by atoms with van der Waals surface area (Å²) in [6.07, 6.45) is 0. The molecule has 158 valence electrons. The molecular formula is C22H19ClN4O4. The molecule has 1 N–H and O–H groups in total. The molecule has 2 aromatic heterocycles. The molecule has 0 atom stereocenters. The second-order valence-electron chi connectivity index (χ2n) is 6.36. The summed E-state index contributed by atoms with van der Waals surface area (Å²) in [5.74, 6) is 0.135. The van der Waals surface area contributed by atoms with Gasteiger partial charge in [0.1, 0.15) is 22.6 Å². The molecule has 9 heteroatoms. The van der Waals surface area contributed by atoms with Gasteiger partial charge in [0.15, 0.2) is 0 Å². The first-order chi connectivity index (χ1) is 15.1. The number of hydrogen-bond donors (Lipinski definition) is 1. The zero-order chi connectivity index (χ0) is 21.8. The van der Waals surface area contributed by atoms with Gasteiger partial charge in [0.05, 0.1) is 23.9 Å². The highest BCUT2D eigenvalue weighted by atomic mass is 35.5. The Kier molecular flexibility index (Phi) is 5.99. The average molecular weight is 439 g/mol. The van der Waals surface area contributed by atoms with Crippen molar-refractivity contribution < 1.29 is 18.8 Å². The van der Waals surface area contributed by atoms with Gasteiger partial charge < -0.3 is 19.3 Å². The Morgan fingerprint density at radius 1 is 1.06 bits per heavy atom. The Morgan fingerprint density at radius 3 is 2.61 bits per heavy atom. The molecule has 31 heavy (non-hydrogen) atoms. The molecule has 0 radical (unpaired) electrons. The minimum atomic E-state index is -0.666. The first-order valence-corrected chi connectivity index (χ1v) is 10.1. The number of anilines is 2. The minimum absolute atomic E-state index is 0.129. The Labute approximate surface area is 183 Å². The van der Waals surface area contributed by atoms with Gasteiger partial charge in [0.25, 0.3) is 5.71 Å². The Hall–Kier alpha value is -3.65. The third kappa shape index (κ3) is 4.15. The van der Waals surface area contributed by atoms with Crippen LogP contribution < -0.4 is 10.1 Å². The predicted molar refractivity (Wildman–Crippen MR) is 117 cm³/mol. The van der Waals surface area contributed by atoms with Crippen molar-refractivity contribution in [3.05, 3.63) is 59.4 Å². The number of rotatable bonds is 7. The van der Waals surface area contributed by atoms with E-state index in [1.54, 1.807) is 13.0 Å². The van der Waals surface area contributed by atoms with Gasteiger partial charge in [0.2, 0.25) is 5.82 Å². The van der Waals surface area contributed by atoms with Crippen LogP contribution in [0, 0.1) is 0 Å². The molecular weight excluding hydrogens is 420 g/mol. The summed E-state index contributed by atoms with van der Waals surface area (Å²) < 4.78 is 16.2. The highest BCUT2D eigenvalue weighted by Crippen LogP contribution is 2.37. The first kappa shape index (κ1) is 20.6. The van der Waals surface area contributed by atoms with Crippen LogP contribution in [-0.4, -0.2) is 34.3 Å². The van der Waals surface area contributed by atoms with Crippen LogP contribution in [0.1, 0.15) is 24.5 Å². The number of para-hydroxylation sites is 2.